The van der Waals surface area contributed by atoms with Gasteiger partial charge in [0.2, 0.25) is 0 Å². The van der Waals surface area contributed by atoms with Gasteiger partial charge < -0.3 is 9.57 Å². The molecule has 0 aliphatic rings. The van der Waals surface area contributed by atoms with Gasteiger partial charge in [-0.3, -0.25) is 4.98 Å². The number of hydrogen-bond acceptors (Lipinski definition) is 4. The van der Waals surface area contributed by atoms with Crippen molar-refractivity contribution in [1.82, 2.24) is 10.0 Å². The first-order chi connectivity index (χ1) is 6.72. The number of halogens is 1. The second kappa shape index (κ2) is 5.51. The van der Waals surface area contributed by atoms with E-state index >= 15 is 0 Å². The predicted molar refractivity (Wildman–Crippen MR) is 49.3 cm³/mol. The molecule has 5 heteroatoms. The van der Waals surface area contributed by atoms with Crippen molar-refractivity contribution in [2.45, 2.75) is 0 Å². The van der Waals surface area contributed by atoms with Gasteiger partial charge in [0.15, 0.2) is 0 Å². The molecule has 0 aliphatic carbocycles. The van der Waals surface area contributed by atoms with Crippen molar-refractivity contribution in [2.24, 2.45) is 0 Å². The van der Waals surface area contributed by atoms with Gasteiger partial charge in [-0.2, -0.15) is 5.06 Å². The van der Waals surface area contributed by atoms with Crippen LogP contribution in [0.1, 0.15) is 0 Å². The lowest BCUT2D eigenvalue weighted by Gasteiger charge is -2.13. The van der Waals surface area contributed by atoms with E-state index in [9.17, 15) is 4.39 Å². The summed E-state index contributed by atoms with van der Waals surface area (Å²) in [5.41, 5.74) is 0. The van der Waals surface area contributed by atoms with Crippen LogP contribution in [0, 0.1) is 5.82 Å². The second-order valence-electron chi connectivity index (χ2n) is 2.72. The van der Waals surface area contributed by atoms with Gasteiger partial charge in [-0.05, 0) is 0 Å². The van der Waals surface area contributed by atoms with Gasteiger partial charge in [-0.1, -0.05) is 0 Å². The normalized spacial score (nSPS) is 10.6. The minimum atomic E-state index is -0.400. The molecule has 4 nitrogen and oxygen atoms in total. The zero-order chi connectivity index (χ0) is 10.4. The fourth-order valence-electron chi connectivity index (χ4n) is 0.855. The Kier molecular flexibility index (Phi) is 4.28. The average Bonchev–Trinajstić information content (AvgIpc) is 2.17. The minimum Gasteiger partial charge on any atom is -0.490 e. The first-order valence-electron chi connectivity index (χ1n) is 4.21. The molecule has 0 fully saturated rings. The van der Waals surface area contributed by atoms with Crippen LogP contribution in [0.5, 0.6) is 5.75 Å². The lowest BCUT2D eigenvalue weighted by atomic mass is 10.4. The molecule has 0 atom stereocenters. The van der Waals surface area contributed by atoms with Crippen molar-refractivity contribution >= 4 is 0 Å². The maximum atomic E-state index is 12.6. The standard InChI is InChI=1S/C9H13FN2O2/c1-12(13-2)3-4-14-9-5-8(10)6-11-7-9/h5-7H,3-4H2,1-2H3. The number of rotatable bonds is 5. The van der Waals surface area contributed by atoms with Crippen LogP contribution < -0.4 is 4.74 Å². The first kappa shape index (κ1) is 10.9. The largest absolute Gasteiger partial charge is 0.490 e. The number of likely N-dealkylation sites (N-methyl/N-ethyl adjacent to an activating group) is 1. The summed E-state index contributed by atoms with van der Waals surface area (Å²) in [6, 6.07) is 1.29. The lowest BCUT2D eigenvalue weighted by molar-refractivity contribution is -0.113. The zero-order valence-electron chi connectivity index (χ0n) is 8.24. The highest BCUT2D eigenvalue weighted by atomic mass is 19.1. The summed E-state index contributed by atoms with van der Waals surface area (Å²) in [4.78, 5) is 8.53. The Morgan fingerprint density at radius 1 is 1.50 bits per heavy atom. The number of hydroxylamine groups is 2. The molecule has 0 unspecified atom stereocenters. The zero-order valence-corrected chi connectivity index (χ0v) is 8.24. The summed E-state index contributed by atoms with van der Waals surface area (Å²) in [6.07, 6.45) is 2.60. The maximum absolute atomic E-state index is 12.6. The Hall–Kier alpha value is -1.20. The van der Waals surface area contributed by atoms with E-state index < -0.39 is 5.82 Å². The molecule has 0 N–H and O–H groups in total. The van der Waals surface area contributed by atoms with E-state index in [0.29, 0.717) is 18.9 Å². The van der Waals surface area contributed by atoms with Gasteiger partial charge in [-0.15, -0.1) is 0 Å². The predicted octanol–water partition coefficient (Wildman–Crippen LogP) is 1.09. The van der Waals surface area contributed by atoms with Gasteiger partial charge in [0, 0.05) is 13.1 Å². The van der Waals surface area contributed by atoms with Crippen LogP contribution in [-0.4, -0.2) is 37.4 Å². The molecule has 0 spiro atoms. The van der Waals surface area contributed by atoms with Gasteiger partial charge >= 0.3 is 0 Å². The molecular weight excluding hydrogens is 187 g/mol. The fourth-order valence-corrected chi connectivity index (χ4v) is 0.855. The monoisotopic (exact) mass is 200 g/mol. The lowest BCUT2D eigenvalue weighted by Crippen LogP contribution is -2.22. The number of ether oxygens (including phenoxy) is 1. The van der Waals surface area contributed by atoms with Crippen LogP contribution in [0.3, 0.4) is 0 Å². The van der Waals surface area contributed by atoms with Crippen LogP contribution in [0.2, 0.25) is 0 Å². The maximum Gasteiger partial charge on any atom is 0.145 e. The van der Waals surface area contributed by atoms with Crippen LogP contribution in [-0.2, 0) is 4.84 Å². The smallest absolute Gasteiger partial charge is 0.145 e. The van der Waals surface area contributed by atoms with E-state index in [1.807, 2.05) is 0 Å². The molecule has 14 heavy (non-hydrogen) atoms. The molecule has 1 heterocycles. The molecule has 0 amide bonds. The molecule has 78 valence electrons. The van der Waals surface area contributed by atoms with Crippen molar-refractivity contribution in [1.29, 1.82) is 0 Å². The summed E-state index contributed by atoms with van der Waals surface area (Å²) in [7, 11) is 3.36. The Bertz CT molecular complexity index is 283. The minimum absolute atomic E-state index is 0.400. The third-order valence-corrected chi connectivity index (χ3v) is 1.67. The Labute approximate surface area is 82.2 Å². The van der Waals surface area contributed by atoms with Gasteiger partial charge in [0.05, 0.1) is 26.0 Å². The van der Waals surface area contributed by atoms with Crippen LogP contribution in [0.25, 0.3) is 0 Å². The molecule has 0 bridgehead atoms. The summed E-state index contributed by atoms with van der Waals surface area (Å²) in [5.74, 6) is 0.0251. The van der Waals surface area contributed by atoms with E-state index in [2.05, 4.69) is 4.98 Å². The summed E-state index contributed by atoms with van der Waals surface area (Å²) >= 11 is 0. The topological polar surface area (TPSA) is 34.6 Å². The highest BCUT2D eigenvalue weighted by molar-refractivity contribution is 5.16. The van der Waals surface area contributed by atoms with Crippen LogP contribution in [0.4, 0.5) is 4.39 Å². The van der Waals surface area contributed by atoms with E-state index in [1.165, 1.54) is 12.3 Å². The summed E-state index contributed by atoms with van der Waals surface area (Å²) in [6.45, 7) is 1.03. The fraction of sp³-hybridized carbons (Fsp3) is 0.444. The van der Waals surface area contributed by atoms with Crippen molar-refractivity contribution in [3.63, 3.8) is 0 Å². The van der Waals surface area contributed by atoms with E-state index in [-0.39, 0.29) is 0 Å². The third kappa shape index (κ3) is 3.68. The molecule has 0 aliphatic heterocycles. The van der Waals surface area contributed by atoms with Gasteiger partial charge in [0.1, 0.15) is 18.2 Å². The number of nitrogens with zero attached hydrogens (tertiary/aromatic N) is 2. The second-order valence-corrected chi connectivity index (χ2v) is 2.72. The molecule has 0 saturated heterocycles. The molecule has 1 aromatic rings. The van der Waals surface area contributed by atoms with E-state index in [0.717, 1.165) is 6.20 Å². The van der Waals surface area contributed by atoms with Gasteiger partial charge in [-0.25, -0.2) is 4.39 Å². The molecule has 0 radical (unpaired) electrons. The summed E-state index contributed by atoms with van der Waals surface area (Å²) in [5, 5.41) is 1.62. The van der Waals surface area contributed by atoms with Crippen LogP contribution in [0.15, 0.2) is 18.5 Å². The van der Waals surface area contributed by atoms with Crippen molar-refractivity contribution < 1.29 is 14.0 Å². The molecule has 0 aromatic carbocycles. The number of aromatic nitrogens is 1. The SMILES string of the molecule is CON(C)CCOc1cncc(F)c1. The van der Waals surface area contributed by atoms with E-state index in [1.54, 1.807) is 19.2 Å². The molecule has 0 saturated carbocycles. The number of hydrogen-bond donors (Lipinski definition) is 0. The van der Waals surface area contributed by atoms with Gasteiger partial charge in [0.25, 0.3) is 0 Å². The van der Waals surface area contributed by atoms with Crippen molar-refractivity contribution in [3.05, 3.63) is 24.3 Å². The Morgan fingerprint density at radius 3 is 2.93 bits per heavy atom. The summed E-state index contributed by atoms with van der Waals surface area (Å²) < 4.78 is 17.9. The molecule has 1 aromatic heterocycles. The van der Waals surface area contributed by atoms with Crippen molar-refractivity contribution in [2.75, 3.05) is 27.3 Å². The highest BCUT2D eigenvalue weighted by Crippen LogP contribution is 2.09. The van der Waals surface area contributed by atoms with Crippen molar-refractivity contribution in [3.8, 4) is 5.75 Å². The Balaban J connectivity index is 2.31. The quantitative estimate of drug-likeness (QED) is 0.666. The number of pyridine rings is 1. The highest BCUT2D eigenvalue weighted by Gasteiger charge is 1.98. The first-order valence-corrected chi connectivity index (χ1v) is 4.21. The van der Waals surface area contributed by atoms with Crippen LogP contribution >= 0.6 is 0 Å². The molecule has 1 rings (SSSR count). The average molecular weight is 200 g/mol. The van der Waals surface area contributed by atoms with E-state index in [4.69, 9.17) is 9.57 Å². The molecular formula is C9H13FN2O2. The third-order valence-electron chi connectivity index (χ3n) is 1.67. The Morgan fingerprint density at radius 2 is 2.29 bits per heavy atom.